The van der Waals surface area contributed by atoms with Crippen LogP contribution in [0.15, 0.2) is 45.6 Å². The first-order chi connectivity index (χ1) is 15.4. The molecule has 5 nitrogen and oxygen atoms in total. The van der Waals surface area contributed by atoms with Crippen LogP contribution in [0, 0.1) is 0 Å². The van der Waals surface area contributed by atoms with Crippen molar-refractivity contribution in [3.63, 3.8) is 0 Å². The van der Waals surface area contributed by atoms with Crippen molar-refractivity contribution in [2.24, 2.45) is 0 Å². The lowest BCUT2D eigenvalue weighted by Gasteiger charge is -2.20. The van der Waals surface area contributed by atoms with Crippen molar-refractivity contribution < 1.29 is 32.3 Å². The fourth-order valence-corrected chi connectivity index (χ4v) is 3.63. The molecule has 0 spiro atoms. The molecule has 0 fully saturated rings. The number of alkyl halides is 3. The fourth-order valence-electron chi connectivity index (χ4n) is 3.63. The summed E-state index contributed by atoms with van der Waals surface area (Å²) in [6.45, 7) is 11.5. The number of phenols is 1. The minimum absolute atomic E-state index is 0.0799. The maximum atomic E-state index is 13.9. The second kappa shape index (κ2) is 9.09. The van der Waals surface area contributed by atoms with Crippen LogP contribution < -0.4 is 15.1 Å². The smallest absolute Gasteiger partial charge is 0.453 e. The Morgan fingerprint density at radius 2 is 1.61 bits per heavy atom. The molecule has 0 saturated carbocycles. The van der Waals surface area contributed by atoms with Crippen LogP contribution >= 0.6 is 0 Å². The standard InChI is InChI=1S/C25H28F3NO4/c1-6-29(7-2)14-18-19(30)13-12-17-20(31)22(23(25(26,27)28)33-21(17)18)32-16-10-8-15(9-11-16)24(3,4)5/h8-13,30H,6-7,14H2,1-5H3/p+1. The molecule has 2 N–H and O–H groups in total. The number of nitrogens with one attached hydrogen (secondary N) is 1. The summed E-state index contributed by atoms with van der Waals surface area (Å²) in [5.74, 6) is -2.58. The Morgan fingerprint density at radius 1 is 1.00 bits per heavy atom. The SMILES string of the molecule is CC[NH+](CC)Cc1c(O)ccc2c(=O)c(Oc3ccc(C(C)(C)C)cc3)c(C(F)(F)F)oc12. The fraction of sp³-hybridized carbons (Fsp3) is 0.400. The summed E-state index contributed by atoms with van der Waals surface area (Å²) in [6.07, 6.45) is -4.97. The van der Waals surface area contributed by atoms with Gasteiger partial charge >= 0.3 is 6.18 Å². The van der Waals surface area contributed by atoms with Crippen LogP contribution in [0.25, 0.3) is 11.0 Å². The van der Waals surface area contributed by atoms with E-state index in [0.717, 1.165) is 10.5 Å². The molecule has 0 atom stereocenters. The van der Waals surface area contributed by atoms with Crippen molar-refractivity contribution in [3.05, 3.63) is 63.5 Å². The van der Waals surface area contributed by atoms with Gasteiger partial charge in [0.1, 0.15) is 18.0 Å². The van der Waals surface area contributed by atoms with Crippen LogP contribution in [0.2, 0.25) is 0 Å². The zero-order valence-electron chi connectivity index (χ0n) is 19.4. The van der Waals surface area contributed by atoms with Gasteiger partial charge in [-0.3, -0.25) is 4.79 Å². The molecular formula is C25H29F3NO4+. The Balaban J connectivity index is 2.19. The Hall–Kier alpha value is -3.00. The first-order valence-corrected chi connectivity index (χ1v) is 10.9. The number of halogens is 3. The van der Waals surface area contributed by atoms with Gasteiger partial charge in [-0.05, 0) is 49.1 Å². The van der Waals surface area contributed by atoms with E-state index in [1.807, 2.05) is 34.6 Å². The number of hydrogen-bond donors (Lipinski definition) is 2. The summed E-state index contributed by atoms with van der Waals surface area (Å²) in [4.78, 5) is 14.1. The first kappa shape index (κ1) is 24.6. The highest BCUT2D eigenvalue weighted by molar-refractivity contribution is 5.83. The lowest BCUT2D eigenvalue weighted by atomic mass is 9.87. The van der Waals surface area contributed by atoms with Gasteiger partial charge in [-0.25, -0.2) is 0 Å². The zero-order valence-corrected chi connectivity index (χ0v) is 19.4. The monoisotopic (exact) mass is 464 g/mol. The molecule has 178 valence electrons. The number of fused-ring (bicyclic) bond motifs is 1. The van der Waals surface area contributed by atoms with E-state index in [-0.39, 0.29) is 40.0 Å². The van der Waals surface area contributed by atoms with E-state index < -0.39 is 23.1 Å². The van der Waals surface area contributed by atoms with Gasteiger partial charge in [0.05, 0.1) is 24.0 Å². The summed E-state index contributed by atoms with van der Waals surface area (Å²) >= 11 is 0. The van der Waals surface area contributed by atoms with Crippen LogP contribution in [-0.2, 0) is 18.1 Å². The van der Waals surface area contributed by atoms with Crippen LogP contribution in [-0.4, -0.2) is 18.2 Å². The van der Waals surface area contributed by atoms with Crippen molar-refractivity contribution >= 4 is 11.0 Å². The summed E-state index contributed by atoms with van der Waals surface area (Å²) < 4.78 is 52.5. The van der Waals surface area contributed by atoms with Gasteiger partial charge in [0.25, 0.3) is 5.76 Å². The molecule has 8 heteroatoms. The summed E-state index contributed by atoms with van der Waals surface area (Å²) in [6, 6.07) is 9.09. The Kier molecular flexibility index (Phi) is 6.79. The average Bonchev–Trinajstić information content (AvgIpc) is 2.74. The van der Waals surface area contributed by atoms with Gasteiger partial charge in [-0.15, -0.1) is 0 Å². The molecule has 3 aromatic rings. The van der Waals surface area contributed by atoms with Crippen LogP contribution in [0.4, 0.5) is 13.2 Å². The molecule has 1 aromatic heterocycles. The molecule has 0 aliphatic heterocycles. The quantitative estimate of drug-likeness (QED) is 0.537. The molecule has 0 amide bonds. The first-order valence-electron chi connectivity index (χ1n) is 10.9. The lowest BCUT2D eigenvalue weighted by Crippen LogP contribution is -3.10. The van der Waals surface area contributed by atoms with E-state index in [1.54, 1.807) is 12.1 Å². The van der Waals surface area contributed by atoms with Gasteiger partial charge in [-0.2, -0.15) is 13.2 Å². The highest BCUT2D eigenvalue weighted by atomic mass is 19.4. The molecule has 0 unspecified atom stereocenters. The van der Waals surface area contributed by atoms with E-state index in [2.05, 4.69) is 0 Å². The summed E-state index contributed by atoms with van der Waals surface area (Å²) in [7, 11) is 0. The topological polar surface area (TPSA) is 64.1 Å². The van der Waals surface area contributed by atoms with Crippen molar-refractivity contribution in [2.45, 2.75) is 52.8 Å². The molecule has 33 heavy (non-hydrogen) atoms. The van der Waals surface area contributed by atoms with Crippen LogP contribution in [0.5, 0.6) is 17.2 Å². The molecule has 0 radical (unpaired) electrons. The Labute approximate surface area is 190 Å². The normalized spacial score (nSPS) is 12.5. The summed E-state index contributed by atoms with van der Waals surface area (Å²) in [5, 5.41) is 10.3. The average molecular weight is 465 g/mol. The number of phenolic OH excluding ortho intramolecular Hbond substituents is 1. The third-order valence-electron chi connectivity index (χ3n) is 5.72. The molecule has 0 aliphatic carbocycles. The van der Waals surface area contributed by atoms with Gasteiger partial charge in [0, 0.05) is 0 Å². The number of ether oxygens (including phenoxy) is 1. The van der Waals surface area contributed by atoms with E-state index in [9.17, 15) is 23.1 Å². The maximum absolute atomic E-state index is 13.9. The number of rotatable bonds is 6. The molecule has 0 aliphatic rings. The lowest BCUT2D eigenvalue weighted by molar-refractivity contribution is -0.910. The predicted octanol–water partition coefficient (Wildman–Crippen LogP) is 5.03. The number of benzene rings is 2. The van der Waals surface area contributed by atoms with Gasteiger partial charge in [0.15, 0.2) is 5.58 Å². The largest absolute Gasteiger partial charge is 0.507 e. The highest BCUT2D eigenvalue weighted by Gasteiger charge is 2.41. The minimum atomic E-state index is -4.97. The van der Waals surface area contributed by atoms with Crippen molar-refractivity contribution in [1.29, 1.82) is 0 Å². The molecular weight excluding hydrogens is 435 g/mol. The Bertz CT molecular complexity index is 1190. The van der Waals surface area contributed by atoms with E-state index in [0.29, 0.717) is 13.1 Å². The zero-order chi connectivity index (χ0) is 24.6. The van der Waals surface area contributed by atoms with Crippen molar-refractivity contribution in [3.8, 4) is 17.2 Å². The van der Waals surface area contributed by atoms with E-state index in [4.69, 9.17) is 9.15 Å². The van der Waals surface area contributed by atoms with Crippen LogP contribution in [0.1, 0.15) is 51.5 Å². The van der Waals surface area contributed by atoms with E-state index in [1.165, 1.54) is 24.3 Å². The third-order valence-corrected chi connectivity index (χ3v) is 5.72. The highest BCUT2D eigenvalue weighted by Crippen LogP contribution is 2.40. The molecule has 2 aromatic carbocycles. The molecule has 0 saturated heterocycles. The molecule has 3 rings (SSSR count). The maximum Gasteiger partial charge on any atom is 0.453 e. The number of hydrogen-bond acceptors (Lipinski definition) is 4. The number of aromatic hydroxyl groups is 1. The Morgan fingerprint density at radius 3 is 2.12 bits per heavy atom. The predicted molar refractivity (Wildman–Crippen MR) is 120 cm³/mol. The van der Waals surface area contributed by atoms with Gasteiger partial charge < -0.3 is 19.2 Å². The van der Waals surface area contributed by atoms with Crippen LogP contribution in [0.3, 0.4) is 0 Å². The second-order valence-electron chi connectivity index (χ2n) is 9.04. The second-order valence-corrected chi connectivity index (χ2v) is 9.04. The van der Waals surface area contributed by atoms with Crippen molar-refractivity contribution in [1.82, 2.24) is 0 Å². The van der Waals surface area contributed by atoms with E-state index >= 15 is 0 Å². The minimum Gasteiger partial charge on any atom is -0.507 e. The molecule has 1 heterocycles. The van der Waals surface area contributed by atoms with Gasteiger partial charge in [-0.1, -0.05) is 32.9 Å². The summed E-state index contributed by atoms with van der Waals surface area (Å²) in [5.41, 5.74) is -0.241. The van der Waals surface area contributed by atoms with Crippen molar-refractivity contribution in [2.75, 3.05) is 13.1 Å². The third kappa shape index (κ3) is 5.16. The number of quaternary nitrogens is 1. The molecule has 0 bridgehead atoms. The van der Waals surface area contributed by atoms with Gasteiger partial charge in [0.2, 0.25) is 11.2 Å².